The molecule has 0 amide bonds. The minimum absolute atomic E-state index is 0.408. The Labute approximate surface area is 181 Å². The maximum absolute atomic E-state index is 5.95. The third kappa shape index (κ3) is 3.75. The van der Waals surface area contributed by atoms with Crippen molar-refractivity contribution in [1.82, 2.24) is 29.7 Å². The van der Waals surface area contributed by atoms with Gasteiger partial charge in [0, 0.05) is 24.7 Å². The zero-order chi connectivity index (χ0) is 20.0. The van der Waals surface area contributed by atoms with Crippen LogP contribution < -0.4 is 0 Å². The molecule has 1 aliphatic rings. The number of pyridine rings is 1. The predicted molar refractivity (Wildman–Crippen MR) is 116 cm³/mol. The molecule has 5 rings (SSSR count). The highest BCUT2D eigenvalue weighted by molar-refractivity contribution is 7.99. The maximum atomic E-state index is 5.95. The van der Waals surface area contributed by atoms with Crippen molar-refractivity contribution in [2.45, 2.75) is 28.3 Å². The number of imidazole rings is 1. The van der Waals surface area contributed by atoms with Gasteiger partial charge in [0.15, 0.2) is 4.77 Å². The number of halogens is 1. The zero-order valence-corrected chi connectivity index (χ0v) is 17.9. The number of nitrogens with one attached hydrogen (secondary N) is 2. The number of hydrogen-bond donors (Lipinski definition) is 2. The van der Waals surface area contributed by atoms with E-state index >= 15 is 0 Å². The summed E-state index contributed by atoms with van der Waals surface area (Å²) in [5.41, 5.74) is 3.34. The molecule has 1 saturated carbocycles. The first kappa shape index (κ1) is 18.6. The fourth-order valence-electron chi connectivity index (χ4n) is 3.47. The second kappa shape index (κ2) is 7.44. The molecule has 3 aromatic heterocycles. The van der Waals surface area contributed by atoms with Crippen molar-refractivity contribution in [2.75, 3.05) is 0 Å². The lowest BCUT2D eigenvalue weighted by Crippen LogP contribution is -1.91. The van der Waals surface area contributed by atoms with Gasteiger partial charge >= 0.3 is 0 Å². The Kier molecular flexibility index (Phi) is 4.77. The van der Waals surface area contributed by atoms with Gasteiger partial charge in [0.05, 0.1) is 11.3 Å². The van der Waals surface area contributed by atoms with Crippen LogP contribution in [0, 0.1) is 4.77 Å². The van der Waals surface area contributed by atoms with E-state index in [2.05, 4.69) is 49.4 Å². The molecule has 29 heavy (non-hydrogen) atoms. The van der Waals surface area contributed by atoms with Crippen LogP contribution in [0.4, 0.5) is 0 Å². The Morgan fingerprint density at radius 2 is 1.97 bits per heavy atom. The fraction of sp³-hybridized carbons (Fsp3) is 0.200. The fourth-order valence-corrected chi connectivity index (χ4v) is 4.63. The maximum Gasteiger partial charge on any atom is 0.192 e. The summed E-state index contributed by atoms with van der Waals surface area (Å²) in [4.78, 5) is 12.1. The average molecular weight is 441 g/mol. The normalized spacial score (nSPS) is 18.1. The molecule has 0 saturated heterocycles. The second-order valence-corrected chi connectivity index (χ2v) is 8.91. The van der Waals surface area contributed by atoms with Gasteiger partial charge in [-0.1, -0.05) is 35.9 Å². The molecule has 2 atom stereocenters. The predicted octanol–water partition coefficient (Wildman–Crippen LogP) is 5.34. The Balaban J connectivity index is 1.37. The Bertz CT molecular complexity index is 1210. The van der Waals surface area contributed by atoms with Crippen molar-refractivity contribution in [1.29, 1.82) is 0 Å². The van der Waals surface area contributed by atoms with Crippen LogP contribution in [0.15, 0.2) is 59.0 Å². The van der Waals surface area contributed by atoms with Gasteiger partial charge in [-0.15, -0.1) is 0 Å². The number of aryl methyl sites for hydroxylation is 1. The molecule has 0 bridgehead atoms. The third-order valence-corrected chi connectivity index (χ3v) is 6.60. The Hall–Kier alpha value is -2.42. The smallest absolute Gasteiger partial charge is 0.192 e. The number of aromatic amines is 2. The van der Waals surface area contributed by atoms with E-state index in [1.54, 1.807) is 18.0 Å². The minimum Gasteiger partial charge on any atom is -0.328 e. The van der Waals surface area contributed by atoms with Gasteiger partial charge < -0.3 is 9.55 Å². The molecule has 0 spiro atoms. The summed E-state index contributed by atoms with van der Waals surface area (Å²) in [6.07, 6.45) is 4.58. The van der Waals surface area contributed by atoms with Crippen molar-refractivity contribution in [2.24, 2.45) is 7.05 Å². The quantitative estimate of drug-likeness (QED) is 0.410. The molecular formula is C20H17ClN6S2. The van der Waals surface area contributed by atoms with E-state index in [9.17, 15) is 0 Å². The molecule has 1 aliphatic carbocycles. The van der Waals surface area contributed by atoms with Crippen molar-refractivity contribution >= 4 is 35.6 Å². The lowest BCUT2D eigenvalue weighted by molar-refractivity contribution is 0.824. The molecular weight excluding hydrogens is 424 g/mol. The number of H-pyrrole nitrogens is 2. The summed E-state index contributed by atoms with van der Waals surface area (Å²) in [7, 11) is 1.99. The highest BCUT2D eigenvalue weighted by Crippen LogP contribution is 2.53. The molecule has 3 heterocycles. The summed E-state index contributed by atoms with van der Waals surface area (Å²) >= 11 is 12.6. The van der Waals surface area contributed by atoms with E-state index in [1.165, 1.54) is 5.56 Å². The van der Waals surface area contributed by atoms with Crippen LogP contribution in [0.5, 0.6) is 0 Å². The molecule has 0 aliphatic heterocycles. The number of rotatable bonds is 5. The van der Waals surface area contributed by atoms with Crippen LogP contribution in [0.25, 0.3) is 11.3 Å². The van der Waals surface area contributed by atoms with Gasteiger partial charge in [0.1, 0.15) is 21.6 Å². The monoisotopic (exact) mass is 440 g/mol. The highest BCUT2D eigenvalue weighted by atomic mass is 35.5. The van der Waals surface area contributed by atoms with Crippen LogP contribution in [-0.2, 0) is 7.05 Å². The molecule has 4 aromatic rings. The van der Waals surface area contributed by atoms with E-state index in [-0.39, 0.29) is 0 Å². The first-order chi connectivity index (χ1) is 14.1. The van der Waals surface area contributed by atoms with E-state index in [4.69, 9.17) is 23.8 Å². The molecule has 0 radical (unpaired) electrons. The largest absolute Gasteiger partial charge is 0.328 e. The van der Waals surface area contributed by atoms with Crippen LogP contribution in [0.3, 0.4) is 0 Å². The topological polar surface area (TPSA) is 75.2 Å². The first-order valence-electron chi connectivity index (χ1n) is 9.14. The van der Waals surface area contributed by atoms with E-state index in [0.29, 0.717) is 21.6 Å². The average Bonchev–Trinajstić information content (AvgIpc) is 3.28. The molecule has 1 fully saturated rings. The number of benzene rings is 1. The van der Waals surface area contributed by atoms with Crippen LogP contribution >= 0.6 is 35.6 Å². The van der Waals surface area contributed by atoms with E-state index in [1.807, 2.05) is 30.1 Å². The Morgan fingerprint density at radius 1 is 1.14 bits per heavy atom. The molecule has 6 nitrogen and oxygen atoms in total. The molecule has 146 valence electrons. The summed E-state index contributed by atoms with van der Waals surface area (Å²) in [5.74, 6) is 1.84. The number of aromatic nitrogens is 6. The van der Waals surface area contributed by atoms with Crippen molar-refractivity contribution in [3.05, 3.63) is 70.1 Å². The van der Waals surface area contributed by atoms with E-state index < -0.39 is 0 Å². The summed E-state index contributed by atoms with van der Waals surface area (Å²) in [6.45, 7) is 0. The number of hydrogen-bond acceptors (Lipinski definition) is 5. The van der Waals surface area contributed by atoms with E-state index in [0.717, 1.165) is 33.6 Å². The second-order valence-electron chi connectivity index (χ2n) is 7.06. The lowest BCUT2D eigenvalue weighted by Gasteiger charge is -2.07. The van der Waals surface area contributed by atoms with Crippen LogP contribution in [0.1, 0.15) is 29.6 Å². The first-order valence-corrected chi connectivity index (χ1v) is 10.7. The van der Waals surface area contributed by atoms with Gasteiger partial charge in [-0.3, -0.25) is 5.10 Å². The number of nitrogens with zero attached hydrogens (tertiary/aromatic N) is 4. The van der Waals surface area contributed by atoms with Gasteiger partial charge in [-0.25, -0.2) is 9.97 Å². The summed E-state index contributed by atoms with van der Waals surface area (Å²) < 4.78 is 2.59. The van der Waals surface area contributed by atoms with Crippen molar-refractivity contribution < 1.29 is 0 Å². The molecule has 1 aromatic carbocycles. The molecule has 9 heteroatoms. The lowest BCUT2D eigenvalue weighted by atomic mass is 10.1. The SMILES string of the molecule is Cn1cnc(-c2ccc([C@H]3C[C@@H]3c3n[nH]c(=S)[nH]3)cc2)c1Sc1ccc(Cl)cn1. The van der Waals surface area contributed by atoms with Crippen LogP contribution in [0.2, 0.25) is 5.02 Å². The zero-order valence-electron chi connectivity index (χ0n) is 15.5. The van der Waals surface area contributed by atoms with Gasteiger partial charge in [0.25, 0.3) is 0 Å². The highest BCUT2D eigenvalue weighted by Gasteiger charge is 2.41. The summed E-state index contributed by atoms with van der Waals surface area (Å²) in [6, 6.07) is 12.4. The molecule has 0 unspecified atom stereocenters. The van der Waals surface area contributed by atoms with Crippen molar-refractivity contribution in [3.8, 4) is 11.3 Å². The molecule has 2 N–H and O–H groups in total. The summed E-state index contributed by atoms with van der Waals surface area (Å²) in [5, 5.41) is 9.63. The van der Waals surface area contributed by atoms with Gasteiger partial charge in [0.2, 0.25) is 0 Å². The third-order valence-electron chi connectivity index (χ3n) is 5.06. The van der Waals surface area contributed by atoms with Gasteiger partial charge in [-0.05, 0) is 54.0 Å². The van der Waals surface area contributed by atoms with Gasteiger partial charge in [-0.2, -0.15) is 5.10 Å². The van der Waals surface area contributed by atoms with Crippen LogP contribution in [-0.4, -0.2) is 29.7 Å². The minimum atomic E-state index is 0.408. The Morgan fingerprint density at radius 3 is 2.66 bits per heavy atom. The standard InChI is InChI=1S/C20H17ClN6S2/c1-27-10-23-17(19(27)29-16-7-6-13(21)9-22-16)12-4-2-11(3-5-12)14-8-15(14)18-24-20(28)26-25-18/h2-7,9-10,14-15H,8H2,1H3,(H2,24,25,26,28)/t14-,15+/m1/s1. The van der Waals surface area contributed by atoms with Crippen molar-refractivity contribution in [3.63, 3.8) is 0 Å².